The molecular weight excluding hydrogens is 635 g/mol. The highest BCUT2D eigenvalue weighted by Gasteiger charge is 2.50. The molecule has 11 nitrogen and oxygen atoms in total. The van der Waals surface area contributed by atoms with Crippen LogP contribution in [-0.2, 0) is 19.4 Å². The number of fused-ring (bicyclic) bond motifs is 1. The number of pyridine rings is 1. The summed E-state index contributed by atoms with van der Waals surface area (Å²) < 4.78 is 68.5. The van der Waals surface area contributed by atoms with Crippen LogP contribution in [0.25, 0.3) is 10.8 Å². The van der Waals surface area contributed by atoms with Crippen LogP contribution >= 0.6 is 0 Å². The van der Waals surface area contributed by atoms with Crippen molar-refractivity contribution in [3.8, 4) is 0 Å². The van der Waals surface area contributed by atoms with Gasteiger partial charge in [-0.2, -0.15) is 18.2 Å². The Morgan fingerprint density at radius 3 is 2.55 bits per heavy atom. The number of piperidine rings is 1. The monoisotopic (exact) mass is 673 g/mol. The number of anilines is 4. The van der Waals surface area contributed by atoms with Crippen LogP contribution in [0.1, 0.15) is 44.2 Å². The molecule has 6 rings (SSSR count). The summed E-state index contributed by atoms with van der Waals surface area (Å²) >= 11 is 0. The number of aromatic nitrogens is 3. The molecular formula is C32H38F3N7O4S. The molecule has 0 unspecified atom stereocenters. The first-order valence-electron chi connectivity index (χ1n) is 15.7. The van der Waals surface area contributed by atoms with Gasteiger partial charge in [-0.25, -0.2) is 18.4 Å². The van der Waals surface area contributed by atoms with Gasteiger partial charge in [0, 0.05) is 68.7 Å². The molecule has 1 aromatic carbocycles. The van der Waals surface area contributed by atoms with Crippen molar-refractivity contribution in [2.45, 2.75) is 56.3 Å². The Hall–Kier alpha value is -3.98. The summed E-state index contributed by atoms with van der Waals surface area (Å²) in [5, 5.41) is 4.87. The predicted molar refractivity (Wildman–Crippen MR) is 173 cm³/mol. The number of sulfone groups is 1. The van der Waals surface area contributed by atoms with Crippen molar-refractivity contribution in [3.63, 3.8) is 0 Å². The summed E-state index contributed by atoms with van der Waals surface area (Å²) in [6, 6.07) is 6.83. The van der Waals surface area contributed by atoms with Crippen molar-refractivity contribution >= 4 is 49.8 Å². The Kier molecular flexibility index (Phi) is 9.04. The standard InChI is InChI=1S/C32H38F3N7O4S/c1-4-30(43)41-13-5-6-26(41)23-7-8-27(42-18-21(20(42)2)19-47(44,45)32(33,34)35)25-17-37-29(16-24(23)25)38-28-9-12-36-31(39-28)40-14-10-22(46-3)11-15-40/h4,7-9,12,16-17,20-22,26H,1,5-6,10-11,13-15,18-19H2,2-3H3,(H,36,37,38,39)/t20-,21-,26-/m1/s1. The third kappa shape index (κ3) is 6.47. The second kappa shape index (κ2) is 12.9. The number of halogens is 3. The van der Waals surface area contributed by atoms with E-state index >= 15 is 0 Å². The van der Waals surface area contributed by atoms with Gasteiger partial charge in [0.25, 0.3) is 0 Å². The third-order valence-corrected chi connectivity index (χ3v) is 11.2. The van der Waals surface area contributed by atoms with Crippen LogP contribution in [0.2, 0.25) is 0 Å². The van der Waals surface area contributed by atoms with Crippen LogP contribution in [0.5, 0.6) is 0 Å². The fourth-order valence-corrected chi connectivity index (χ4v) is 8.03. The molecule has 3 aromatic rings. The van der Waals surface area contributed by atoms with Gasteiger partial charge in [0.1, 0.15) is 11.6 Å². The highest BCUT2D eigenvalue weighted by atomic mass is 32.2. The summed E-state index contributed by atoms with van der Waals surface area (Å²) in [5.74, 6) is -0.112. The van der Waals surface area contributed by atoms with E-state index in [0.29, 0.717) is 24.1 Å². The van der Waals surface area contributed by atoms with Gasteiger partial charge < -0.3 is 24.8 Å². The molecule has 2 aromatic heterocycles. The zero-order chi connectivity index (χ0) is 33.5. The fourth-order valence-electron chi connectivity index (χ4n) is 6.89. The van der Waals surface area contributed by atoms with Gasteiger partial charge in [0.15, 0.2) is 0 Å². The van der Waals surface area contributed by atoms with E-state index in [4.69, 9.17) is 9.72 Å². The lowest BCUT2D eigenvalue weighted by Gasteiger charge is -2.48. The van der Waals surface area contributed by atoms with Gasteiger partial charge in [-0.1, -0.05) is 12.6 Å². The molecule has 0 radical (unpaired) electrons. The van der Waals surface area contributed by atoms with Crippen LogP contribution in [0.15, 0.2) is 49.3 Å². The largest absolute Gasteiger partial charge is 0.497 e. The number of ether oxygens (including phenoxy) is 1. The number of alkyl halides is 3. The zero-order valence-electron chi connectivity index (χ0n) is 26.3. The normalized spacial score (nSPS) is 22.4. The molecule has 15 heteroatoms. The molecule has 5 heterocycles. The number of carbonyl (C=O) groups is 1. The first-order chi connectivity index (χ1) is 22.4. The van der Waals surface area contributed by atoms with Crippen LogP contribution in [0.3, 0.4) is 0 Å². The molecule has 3 atom stereocenters. The first-order valence-corrected chi connectivity index (χ1v) is 17.3. The number of rotatable bonds is 9. The Balaban J connectivity index is 1.32. The maximum atomic E-state index is 13.1. The summed E-state index contributed by atoms with van der Waals surface area (Å²) in [6.07, 6.45) is 8.28. The van der Waals surface area contributed by atoms with Crippen molar-refractivity contribution < 1.29 is 31.1 Å². The maximum Gasteiger partial charge on any atom is 0.497 e. The Bertz CT molecular complexity index is 1770. The highest BCUT2D eigenvalue weighted by Crippen LogP contribution is 2.43. The van der Waals surface area contributed by atoms with E-state index in [1.54, 1.807) is 37.4 Å². The van der Waals surface area contributed by atoms with E-state index in [1.807, 2.05) is 23.1 Å². The minimum Gasteiger partial charge on any atom is -0.381 e. The topological polar surface area (TPSA) is 121 Å². The van der Waals surface area contributed by atoms with Crippen molar-refractivity contribution in [2.75, 3.05) is 54.2 Å². The van der Waals surface area contributed by atoms with Crippen molar-refractivity contribution in [2.24, 2.45) is 5.92 Å². The molecule has 252 valence electrons. The smallest absolute Gasteiger partial charge is 0.381 e. The lowest BCUT2D eigenvalue weighted by molar-refractivity contribution is -0.126. The van der Waals surface area contributed by atoms with E-state index in [2.05, 4.69) is 26.8 Å². The highest BCUT2D eigenvalue weighted by molar-refractivity contribution is 7.92. The third-order valence-electron chi connectivity index (χ3n) is 9.64. The summed E-state index contributed by atoms with van der Waals surface area (Å²) in [6.45, 7) is 7.70. The van der Waals surface area contributed by atoms with Gasteiger partial charge in [0.05, 0.1) is 17.9 Å². The summed E-state index contributed by atoms with van der Waals surface area (Å²) in [5.41, 5.74) is -3.63. The average Bonchev–Trinajstić information content (AvgIpc) is 3.55. The maximum absolute atomic E-state index is 13.1. The molecule has 0 bridgehead atoms. The van der Waals surface area contributed by atoms with Crippen molar-refractivity contribution in [1.82, 2.24) is 19.9 Å². The van der Waals surface area contributed by atoms with E-state index < -0.39 is 33.1 Å². The molecule has 0 saturated carbocycles. The van der Waals surface area contributed by atoms with Gasteiger partial charge in [-0.3, -0.25) is 4.79 Å². The van der Waals surface area contributed by atoms with E-state index in [9.17, 15) is 26.4 Å². The van der Waals surface area contributed by atoms with Crippen LogP contribution in [0, 0.1) is 5.92 Å². The minimum absolute atomic E-state index is 0.154. The lowest BCUT2D eigenvalue weighted by Crippen LogP contribution is -2.58. The van der Waals surface area contributed by atoms with Gasteiger partial charge in [0.2, 0.25) is 21.7 Å². The predicted octanol–water partition coefficient (Wildman–Crippen LogP) is 4.99. The van der Waals surface area contributed by atoms with Gasteiger partial charge in [-0.15, -0.1) is 0 Å². The zero-order valence-corrected chi connectivity index (χ0v) is 27.1. The van der Waals surface area contributed by atoms with Gasteiger partial charge in [-0.05, 0) is 67.8 Å². The summed E-state index contributed by atoms with van der Waals surface area (Å²) in [7, 11) is -3.51. The Morgan fingerprint density at radius 2 is 1.87 bits per heavy atom. The number of likely N-dealkylation sites (tertiary alicyclic amines) is 1. The van der Waals surface area contributed by atoms with Crippen molar-refractivity contribution in [1.29, 1.82) is 0 Å². The second-order valence-corrected chi connectivity index (χ2v) is 14.4. The number of nitrogens with zero attached hydrogens (tertiary/aromatic N) is 6. The number of nitrogens with one attached hydrogen (secondary N) is 1. The summed E-state index contributed by atoms with van der Waals surface area (Å²) in [4.78, 5) is 32.4. The second-order valence-electron chi connectivity index (χ2n) is 12.4. The Morgan fingerprint density at radius 1 is 1.11 bits per heavy atom. The fraction of sp³-hybridized carbons (Fsp3) is 0.500. The molecule has 1 amide bonds. The molecule has 0 aliphatic carbocycles. The van der Waals surface area contributed by atoms with E-state index in [-0.39, 0.29) is 24.6 Å². The lowest BCUT2D eigenvalue weighted by atomic mass is 9.89. The number of amides is 1. The molecule has 3 aliphatic rings. The van der Waals surface area contributed by atoms with Crippen LogP contribution in [-0.4, -0.2) is 90.9 Å². The molecule has 3 fully saturated rings. The first kappa shape index (κ1) is 32.9. The quantitative estimate of drug-likeness (QED) is 0.311. The molecule has 1 N–H and O–H groups in total. The molecule has 3 aliphatic heterocycles. The average molecular weight is 674 g/mol. The molecule has 47 heavy (non-hydrogen) atoms. The molecule has 3 saturated heterocycles. The molecule has 0 spiro atoms. The van der Waals surface area contributed by atoms with Crippen LogP contribution < -0.4 is 15.1 Å². The number of hydrogen-bond donors (Lipinski definition) is 1. The van der Waals surface area contributed by atoms with Crippen LogP contribution in [0.4, 0.5) is 36.4 Å². The van der Waals surface area contributed by atoms with Gasteiger partial charge >= 0.3 is 5.51 Å². The number of carbonyl (C=O) groups excluding carboxylic acids is 1. The number of benzene rings is 1. The SMILES string of the molecule is C=CC(=O)N1CCC[C@@H]1c1ccc(N2C[C@H](CS(=O)(=O)C(F)(F)F)[C@H]2C)c2cnc(Nc3ccnc(N4CCC(OC)CC4)n3)cc12. The number of hydrogen-bond acceptors (Lipinski definition) is 10. The van der Waals surface area contributed by atoms with Crippen molar-refractivity contribution in [3.05, 3.63) is 54.9 Å². The van der Waals surface area contributed by atoms with E-state index in [1.165, 1.54) is 6.08 Å². The number of methoxy groups -OCH3 is 1. The Labute approximate surface area is 271 Å². The minimum atomic E-state index is -5.28. The van der Waals surface area contributed by atoms with E-state index in [0.717, 1.165) is 60.8 Å².